The Balaban J connectivity index is 1.98. The zero-order chi connectivity index (χ0) is 17.5. The molecular weight excluding hydrogens is 310 g/mol. The average molecular weight is 329 g/mol. The highest BCUT2D eigenvalue weighted by Gasteiger charge is 2.13. The molecule has 0 radical (unpaired) electrons. The van der Waals surface area contributed by atoms with Crippen molar-refractivity contribution in [1.82, 2.24) is 0 Å². The minimum Gasteiger partial charge on any atom is -0.497 e. The lowest BCUT2D eigenvalue weighted by Gasteiger charge is -2.10. The molecule has 2 aromatic rings. The van der Waals surface area contributed by atoms with Crippen molar-refractivity contribution in [1.29, 1.82) is 0 Å². The van der Waals surface area contributed by atoms with Crippen molar-refractivity contribution in [2.45, 2.75) is 6.92 Å². The first-order valence-electron chi connectivity index (χ1n) is 7.29. The van der Waals surface area contributed by atoms with Gasteiger partial charge in [-0.3, -0.25) is 4.79 Å². The molecule has 126 valence electrons. The van der Waals surface area contributed by atoms with Gasteiger partial charge in [0, 0.05) is 11.8 Å². The van der Waals surface area contributed by atoms with E-state index in [-0.39, 0.29) is 12.2 Å². The van der Waals surface area contributed by atoms with Crippen LogP contribution in [0.4, 0.5) is 5.69 Å². The van der Waals surface area contributed by atoms with Crippen LogP contribution in [-0.4, -0.2) is 32.7 Å². The van der Waals surface area contributed by atoms with E-state index in [2.05, 4.69) is 5.32 Å². The largest absolute Gasteiger partial charge is 0.497 e. The number of carbonyl (C=O) groups is 2. The van der Waals surface area contributed by atoms with Crippen LogP contribution in [0.5, 0.6) is 11.5 Å². The lowest BCUT2D eigenvalue weighted by molar-refractivity contribution is -0.119. The van der Waals surface area contributed by atoms with Crippen molar-refractivity contribution in [3.63, 3.8) is 0 Å². The van der Waals surface area contributed by atoms with Gasteiger partial charge in [-0.1, -0.05) is 18.2 Å². The summed E-state index contributed by atoms with van der Waals surface area (Å²) in [5.74, 6) is -0.115. The van der Waals surface area contributed by atoms with Gasteiger partial charge in [0.15, 0.2) is 6.61 Å². The van der Waals surface area contributed by atoms with Gasteiger partial charge in [0.25, 0.3) is 5.91 Å². The number of carbonyl (C=O) groups excluding carboxylic acids is 2. The molecule has 6 nitrogen and oxygen atoms in total. The Morgan fingerprint density at radius 2 is 1.62 bits per heavy atom. The number of nitrogens with one attached hydrogen (secondary N) is 1. The first-order chi connectivity index (χ1) is 11.5. The van der Waals surface area contributed by atoms with Gasteiger partial charge in [-0.2, -0.15) is 0 Å². The van der Waals surface area contributed by atoms with Crippen LogP contribution >= 0.6 is 0 Å². The molecule has 24 heavy (non-hydrogen) atoms. The highest BCUT2D eigenvalue weighted by molar-refractivity contribution is 5.96. The quantitative estimate of drug-likeness (QED) is 0.825. The number of benzene rings is 2. The maximum absolute atomic E-state index is 12.1. The number of methoxy groups -OCH3 is 2. The van der Waals surface area contributed by atoms with Gasteiger partial charge in [0.1, 0.15) is 11.5 Å². The lowest BCUT2D eigenvalue weighted by atomic mass is 10.2. The minimum absolute atomic E-state index is 0.245. The Labute approximate surface area is 140 Å². The van der Waals surface area contributed by atoms with Crippen LogP contribution in [0.1, 0.15) is 15.9 Å². The number of anilines is 1. The molecule has 0 fully saturated rings. The van der Waals surface area contributed by atoms with Crippen LogP contribution in [0.3, 0.4) is 0 Å². The number of hydrogen-bond donors (Lipinski definition) is 1. The van der Waals surface area contributed by atoms with Crippen molar-refractivity contribution in [3.8, 4) is 11.5 Å². The van der Waals surface area contributed by atoms with E-state index in [1.54, 1.807) is 12.1 Å². The molecule has 1 N–H and O–H groups in total. The summed E-state index contributed by atoms with van der Waals surface area (Å²) in [5.41, 5.74) is 1.85. The summed E-state index contributed by atoms with van der Waals surface area (Å²) in [7, 11) is 2.97. The molecule has 0 spiro atoms. The van der Waals surface area contributed by atoms with Crippen molar-refractivity contribution < 1.29 is 23.8 Å². The summed E-state index contributed by atoms with van der Waals surface area (Å²) >= 11 is 0. The number of rotatable bonds is 6. The van der Waals surface area contributed by atoms with Gasteiger partial charge in [0.2, 0.25) is 0 Å². The van der Waals surface area contributed by atoms with Gasteiger partial charge in [-0.05, 0) is 30.7 Å². The van der Waals surface area contributed by atoms with E-state index in [0.717, 1.165) is 5.56 Å². The number of hydrogen-bond acceptors (Lipinski definition) is 5. The van der Waals surface area contributed by atoms with Crippen LogP contribution in [0, 0.1) is 6.92 Å². The second-order valence-electron chi connectivity index (χ2n) is 5.04. The Morgan fingerprint density at radius 1 is 1.00 bits per heavy atom. The maximum atomic E-state index is 12.1. The second kappa shape index (κ2) is 8.01. The molecular formula is C18H19NO5. The summed E-state index contributed by atoms with van der Waals surface area (Å²) in [5, 5.41) is 2.70. The van der Waals surface area contributed by atoms with E-state index < -0.39 is 11.9 Å². The van der Waals surface area contributed by atoms with Crippen molar-refractivity contribution >= 4 is 17.6 Å². The SMILES string of the molecule is COc1cc(OC)cc(C(=O)OCC(=O)Nc2ccccc2C)c1. The van der Waals surface area contributed by atoms with Crippen molar-refractivity contribution in [2.75, 3.05) is 26.1 Å². The van der Waals surface area contributed by atoms with Gasteiger partial charge in [0.05, 0.1) is 19.8 Å². The zero-order valence-electron chi connectivity index (χ0n) is 13.8. The summed E-state index contributed by atoms with van der Waals surface area (Å²) in [6.45, 7) is 1.50. The van der Waals surface area contributed by atoms with E-state index in [4.69, 9.17) is 14.2 Å². The van der Waals surface area contributed by atoms with Crippen LogP contribution in [-0.2, 0) is 9.53 Å². The zero-order valence-corrected chi connectivity index (χ0v) is 13.8. The Kier molecular flexibility index (Phi) is 5.78. The molecule has 0 heterocycles. The Morgan fingerprint density at radius 3 is 2.21 bits per heavy atom. The topological polar surface area (TPSA) is 73.9 Å². The molecule has 6 heteroatoms. The molecule has 0 aliphatic rings. The molecule has 0 saturated heterocycles. The second-order valence-corrected chi connectivity index (χ2v) is 5.04. The van der Waals surface area contributed by atoms with E-state index in [0.29, 0.717) is 17.2 Å². The monoisotopic (exact) mass is 329 g/mol. The molecule has 0 bridgehead atoms. The number of amides is 1. The maximum Gasteiger partial charge on any atom is 0.338 e. The number of aryl methyl sites for hydroxylation is 1. The molecule has 2 rings (SSSR count). The van der Waals surface area contributed by atoms with Gasteiger partial charge >= 0.3 is 5.97 Å². The third-order valence-electron chi connectivity index (χ3n) is 3.34. The fourth-order valence-corrected chi connectivity index (χ4v) is 2.04. The van der Waals surface area contributed by atoms with Crippen molar-refractivity contribution in [3.05, 3.63) is 53.6 Å². The lowest BCUT2D eigenvalue weighted by Crippen LogP contribution is -2.21. The first kappa shape index (κ1) is 17.3. The smallest absolute Gasteiger partial charge is 0.338 e. The van der Waals surface area contributed by atoms with Crippen molar-refractivity contribution in [2.24, 2.45) is 0 Å². The van der Waals surface area contributed by atoms with Crippen LogP contribution < -0.4 is 14.8 Å². The van der Waals surface area contributed by atoms with E-state index in [1.165, 1.54) is 26.4 Å². The van der Waals surface area contributed by atoms with Gasteiger partial charge < -0.3 is 19.5 Å². The number of ether oxygens (including phenoxy) is 3. The molecule has 0 aliphatic carbocycles. The minimum atomic E-state index is -0.632. The Bertz CT molecular complexity index is 720. The fourth-order valence-electron chi connectivity index (χ4n) is 2.04. The number of para-hydroxylation sites is 1. The third kappa shape index (κ3) is 4.49. The molecule has 0 aromatic heterocycles. The van der Waals surface area contributed by atoms with Crippen LogP contribution in [0.2, 0.25) is 0 Å². The Hall–Kier alpha value is -3.02. The summed E-state index contributed by atoms with van der Waals surface area (Å²) < 4.78 is 15.2. The van der Waals surface area contributed by atoms with Gasteiger partial charge in [-0.25, -0.2) is 4.79 Å². The summed E-state index contributed by atoms with van der Waals surface area (Å²) in [6.07, 6.45) is 0. The molecule has 0 aliphatic heterocycles. The normalized spacial score (nSPS) is 9.96. The van der Waals surface area contributed by atoms with Crippen LogP contribution in [0.25, 0.3) is 0 Å². The highest BCUT2D eigenvalue weighted by atomic mass is 16.5. The molecule has 0 saturated carbocycles. The fraction of sp³-hybridized carbons (Fsp3) is 0.222. The van der Waals surface area contributed by atoms with E-state index in [1.807, 2.05) is 25.1 Å². The standard InChI is InChI=1S/C18H19NO5/c1-12-6-4-5-7-16(12)19-17(20)11-24-18(21)13-8-14(22-2)10-15(9-13)23-3/h4-10H,11H2,1-3H3,(H,19,20). The predicted molar refractivity (Wildman–Crippen MR) is 89.6 cm³/mol. The molecule has 1 amide bonds. The molecule has 2 aromatic carbocycles. The molecule has 0 unspecified atom stereocenters. The number of esters is 1. The van der Waals surface area contributed by atoms with E-state index in [9.17, 15) is 9.59 Å². The van der Waals surface area contributed by atoms with Gasteiger partial charge in [-0.15, -0.1) is 0 Å². The predicted octanol–water partition coefficient (Wildman–Crippen LogP) is 2.81. The van der Waals surface area contributed by atoms with Crippen LogP contribution in [0.15, 0.2) is 42.5 Å². The first-order valence-corrected chi connectivity index (χ1v) is 7.29. The average Bonchev–Trinajstić information content (AvgIpc) is 2.61. The highest BCUT2D eigenvalue weighted by Crippen LogP contribution is 2.23. The third-order valence-corrected chi connectivity index (χ3v) is 3.34. The summed E-state index contributed by atoms with van der Waals surface area (Å²) in [6, 6.07) is 12.0. The molecule has 0 atom stereocenters. The van der Waals surface area contributed by atoms with E-state index >= 15 is 0 Å². The summed E-state index contributed by atoms with van der Waals surface area (Å²) in [4.78, 5) is 24.0.